The molecular formula is C49H58N4O10S2. The standard InChI is InChI=1S/C49H58N4O10S2/c1-12-33-26(5)39-22-42-34(13-2)25(4)38(51-42)21-40-27(6)35(45(53-40)28(7)37-19-24(3)36(50-37)20-41(33)52-39)15-16-44(58)64-17-14-18-65-49-48(62-32(11)57)47(61-31(10)56)46(60-30(9)55)43(63-49)23-59-29(8)54/h13,19-22,43,46-51H,2,12,14-18,23H2,1,3-11H3/t43-,46-,47+,48-,49+/m1/s1. The first-order valence-corrected chi connectivity index (χ1v) is 23.8. The zero-order valence-corrected chi connectivity index (χ0v) is 40.4. The highest BCUT2D eigenvalue weighted by Crippen LogP contribution is 2.39. The first-order valence-electron chi connectivity index (χ1n) is 21.7. The van der Waals surface area contributed by atoms with Crippen molar-refractivity contribution in [3.63, 3.8) is 0 Å². The third kappa shape index (κ3) is 11.3. The fraction of sp³-hybridized carbons (Fsp3) is 0.449. The monoisotopic (exact) mass is 926 g/mol. The molecule has 6 heterocycles. The quantitative estimate of drug-likeness (QED) is 0.0833. The van der Waals surface area contributed by atoms with Crippen LogP contribution in [0.1, 0.15) is 119 Å². The number of rotatable bonds is 15. The lowest BCUT2D eigenvalue weighted by molar-refractivity contribution is -0.237. The number of thioether (sulfide) groups is 2. The summed E-state index contributed by atoms with van der Waals surface area (Å²) in [5.74, 6) is -1.65. The summed E-state index contributed by atoms with van der Waals surface area (Å²) in [6.07, 6.45) is -0.533. The van der Waals surface area contributed by atoms with E-state index in [9.17, 15) is 24.0 Å². The average molecular weight is 927 g/mol. The Hall–Kier alpha value is -5.45. The molecule has 5 atom stereocenters. The fourth-order valence-corrected chi connectivity index (χ4v) is 10.5. The molecule has 0 saturated carbocycles. The largest absolute Gasteiger partial charge is 0.463 e. The van der Waals surface area contributed by atoms with Gasteiger partial charge in [-0.15, -0.1) is 11.8 Å². The van der Waals surface area contributed by atoms with Gasteiger partial charge in [0.25, 0.3) is 0 Å². The number of fused-ring (bicyclic) bond motifs is 8. The van der Waals surface area contributed by atoms with E-state index in [2.05, 4.69) is 82.4 Å². The van der Waals surface area contributed by atoms with Gasteiger partial charge in [0.05, 0.1) is 22.8 Å². The maximum Gasteiger partial charge on any atom is 0.303 e. The Kier molecular flexibility index (Phi) is 16.0. The summed E-state index contributed by atoms with van der Waals surface area (Å²) in [6, 6.07) is 8.45. The van der Waals surface area contributed by atoms with E-state index in [-0.39, 0.29) is 18.1 Å². The molecule has 0 unspecified atom stereocenters. The summed E-state index contributed by atoms with van der Waals surface area (Å²) in [5, 5.41) is 0.0300. The number of aromatic nitrogens is 4. The number of esters is 4. The molecule has 0 spiro atoms. The predicted octanol–water partition coefficient (Wildman–Crippen LogP) is 9.40. The first kappa shape index (κ1) is 49.0. The summed E-state index contributed by atoms with van der Waals surface area (Å²) < 4.78 is 28.0. The molecule has 14 nitrogen and oxygen atoms in total. The van der Waals surface area contributed by atoms with Gasteiger partial charge in [-0.1, -0.05) is 31.3 Å². The number of ether oxygens (including phenoxy) is 5. The van der Waals surface area contributed by atoms with E-state index >= 15 is 0 Å². The maximum atomic E-state index is 13.5. The third-order valence-corrected chi connectivity index (χ3v) is 13.9. The van der Waals surface area contributed by atoms with Gasteiger partial charge >= 0.3 is 23.9 Å². The Morgan fingerprint density at radius 1 is 0.723 bits per heavy atom. The summed E-state index contributed by atoms with van der Waals surface area (Å²) in [7, 11) is 0. The lowest BCUT2D eigenvalue weighted by atomic mass is 9.99. The Labute approximate surface area is 387 Å². The number of carbonyl (C=O) groups excluding carboxylic acids is 5. The molecule has 65 heavy (non-hydrogen) atoms. The molecular weight excluding hydrogens is 869 g/mol. The average Bonchev–Trinajstić information content (AvgIpc) is 3.94. The Balaban J connectivity index is 1.21. The zero-order chi connectivity index (χ0) is 47.3. The van der Waals surface area contributed by atoms with Crippen molar-refractivity contribution in [1.82, 2.24) is 19.9 Å². The number of H-pyrrole nitrogens is 2. The van der Waals surface area contributed by atoms with Crippen molar-refractivity contribution in [1.29, 1.82) is 0 Å². The first-order chi connectivity index (χ1) is 30.9. The van der Waals surface area contributed by atoms with Gasteiger partial charge in [0.1, 0.15) is 18.1 Å². The number of carbonyl (C=O) groups is 5. The number of hydrogen-bond donors (Lipinski definition) is 2. The number of nitrogens with zero attached hydrogens (tertiary/aromatic N) is 2. The van der Waals surface area contributed by atoms with E-state index in [4.69, 9.17) is 33.7 Å². The van der Waals surface area contributed by atoms with Gasteiger partial charge in [-0.05, 0) is 123 Å². The van der Waals surface area contributed by atoms with Gasteiger partial charge in [0.2, 0.25) is 0 Å². The third-order valence-electron chi connectivity index (χ3n) is 11.7. The molecule has 6 rings (SSSR count). The lowest BCUT2D eigenvalue weighted by Gasteiger charge is -2.44. The molecule has 0 aromatic carbocycles. The molecule has 3 aromatic heterocycles. The van der Waals surface area contributed by atoms with Crippen LogP contribution in [0.4, 0.5) is 0 Å². The minimum Gasteiger partial charge on any atom is -0.463 e. The van der Waals surface area contributed by atoms with Gasteiger partial charge in [0, 0.05) is 67.5 Å². The van der Waals surface area contributed by atoms with E-state index in [1.54, 1.807) is 0 Å². The van der Waals surface area contributed by atoms with E-state index < -0.39 is 53.7 Å². The van der Waals surface area contributed by atoms with E-state index in [0.29, 0.717) is 24.3 Å². The number of aryl methyl sites for hydroxylation is 3. The minimum atomic E-state index is -1.23. The van der Waals surface area contributed by atoms with E-state index in [1.165, 1.54) is 56.8 Å². The molecule has 8 bridgehead atoms. The van der Waals surface area contributed by atoms with Gasteiger partial charge in [-0.25, -0.2) is 9.97 Å². The minimum absolute atomic E-state index is 0.0300. The second-order valence-corrected chi connectivity index (χ2v) is 18.7. The Morgan fingerprint density at radius 2 is 1.32 bits per heavy atom. The molecule has 1 saturated heterocycles. The Morgan fingerprint density at radius 3 is 1.98 bits per heavy atom. The summed E-state index contributed by atoms with van der Waals surface area (Å²) in [6.45, 7) is 21.2. The molecule has 346 valence electrons. The van der Waals surface area contributed by atoms with Crippen molar-refractivity contribution < 1.29 is 47.7 Å². The molecule has 0 amide bonds. The molecule has 0 radical (unpaired) electrons. The van der Waals surface area contributed by atoms with Crippen LogP contribution in [-0.4, -0.2) is 96.9 Å². The summed E-state index contributed by atoms with van der Waals surface area (Å²) in [5.41, 5.74) is 14.9. The highest BCUT2D eigenvalue weighted by atomic mass is 32.2. The Bertz CT molecular complexity index is 2640. The molecule has 3 aliphatic heterocycles. The number of aromatic amines is 2. The van der Waals surface area contributed by atoms with Crippen LogP contribution in [-0.2, 0) is 47.7 Å². The molecule has 3 aliphatic rings. The maximum absolute atomic E-state index is 13.5. The van der Waals surface area contributed by atoms with Crippen LogP contribution in [0, 0.1) is 20.8 Å². The van der Waals surface area contributed by atoms with Crippen molar-refractivity contribution in [2.45, 2.75) is 125 Å². The van der Waals surface area contributed by atoms with Gasteiger partial charge in [-0.3, -0.25) is 24.0 Å². The van der Waals surface area contributed by atoms with Crippen molar-refractivity contribution in [3.8, 4) is 0 Å². The smallest absolute Gasteiger partial charge is 0.303 e. The topological polar surface area (TPSA) is 189 Å². The zero-order valence-electron chi connectivity index (χ0n) is 38.7. The van der Waals surface area contributed by atoms with Crippen LogP contribution >= 0.6 is 23.5 Å². The highest BCUT2D eigenvalue weighted by molar-refractivity contribution is 8.13. The highest BCUT2D eigenvalue weighted by Gasteiger charge is 2.52. The molecule has 0 aliphatic carbocycles. The normalized spacial score (nSPS) is 19.5. The van der Waals surface area contributed by atoms with Crippen LogP contribution < -0.4 is 0 Å². The molecule has 16 heteroatoms. The number of allylic oxidation sites excluding steroid dienone is 4. The van der Waals surface area contributed by atoms with Crippen LogP contribution in [0.2, 0.25) is 0 Å². The van der Waals surface area contributed by atoms with Crippen molar-refractivity contribution >= 4 is 103 Å². The lowest BCUT2D eigenvalue weighted by Crippen LogP contribution is -2.61. The van der Waals surface area contributed by atoms with Crippen LogP contribution in [0.3, 0.4) is 0 Å². The predicted molar refractivity (Wildman–Crippen MR) is 256 cm³/mol. The number of hydrogen-bond acceptors (Lipinski definition) is 14. The fourth-order valence-electron chi connectivity index (χ4n) is 8.40. The molecule has 2 N–H and O–H groups in total. The molecule has 1 fully saturated rings. The second-order valence-electron chi connectivity index (χ2n) is 16.3. The SMILES string of the molecule is C=Cc1c(C)c2cc3nc(c(C)c4cc(C)c(cc5nc(cc1[nH]2)C(C)=C5CC)[nH]4)C(CCC(=O)SCCCS[C@@H]1O[C@H](COC(C)=O)[C@@H](OC(C)=O)[C@H](OC(C)=O)[C@H]1OC(C)=O)=C3C. The van der Waals surface area contributed by atoms with Gasteiger partial charge < -0.3 is 33.7 Å². The van der Waals surface area contributed by atoms with E-state index in [0.717, 1.165) is 90.2 Å². The molecule has 3 aromatic rings. The van der Waals surface area contributed by atoms with Crippen molar-refractivity contribution in [3.05, 3.63) is 75.9 Å². The summed E-state index contributed by atoms with van der Waals surface area (Å²) >= 11 is 2.53. The van der Waals surface area contributed by atoms with Crippen molar-refractivity contribution in [2.75, 3.05) is 18.1 Å². The summed E-state index contributed by atoms with van der Waals surface area (Å²) in [4.78, 5) is 79.4. The van der Waals surface area contributed by atoms with Crippen LogP contribution in [0.25, 0.3) is 50.4 Å². The second kappa shape index (κ2) is 21.2. The number of nitrogens with one attached hydrogen (secondary N) is 2. The van der Waals surface area contributed by atoms with Crippen molar-refractivity contribution in [2.24, 2.45) is 0 Å². The van der Waals surface area contributed by atoms with E-state index in [1.807, 2.05) is 6.08 Å². The van der Waals surface area contributed by atoms with Crippen LogP contribution in [0.5, 0.6) is 0 Å². The van der Waals surface area contributed by atoms with Gasteiger partial charge in [0.15, 0.2) is 23.4 Å². The van der Waals surface area contributed by atoms with Gasteiger partial charge in [-0.2, -0.15) is 0 Å². The van der Waals surface area contributed by atoms with Crippen LogP contribution in [0.15, 0.2) is 30.8 Å².